The Morgan fingerprint density at radius 2 is 1.96 bits per heavy atom. The Balaban J connectivity index is 1.44. The highest BCUT2D eigenvalue weighted by Gasteiger charge is 2.30. The van der Waals surface area contributed by atoms with E-state index in [2.05, 4.69) is 34.3 Å². The van der Waals surface area contributed by atoms with Crippen LogP contribution < -0.4 is 5.32 Å². The van der Waals surface area contributed by atoms with Gasteiger partial charge in [0.05, 0.1) is 5.92 Å². The molecular weight excluding hydrogens is 304 g/mol. The second kappa shape index (κ2) is 7.51. The fraction of sp³-hybridized carbons (Fsp3) is 0.474. The van der Waals surface area contributed by atoms with Crippen LogP contribution in [0.3, 0.4) is 0 Å². The Morgan fingerprint density at radius 1 is 1.17 bits per heavy atom. The number of carbonyl (C=O) groups is 2. The number of benzene rings is 1. The van der Waals surface area contributed by atoms with Crippen molar-refractivity contribution in [2.45, 2.75) is 38.6 Å². The summed E-state index contributed by atoms with van der Waals surface area (Å²) in [6, 6.07) is 10.4. The van der Waals surface area contributed by atoms with E-state index in [1.54, 1.807) is 0 Å². The highest BCUT2D eigenvalue weighted by molar-refractivity contribution is 5.80. The molecule has 1 aromatic heterocycles. The van der Waals surface area contributed by atoms with Crippen molar-refractivity contribution >= 4 is 22.8 Å². The number of nitrogens with one attached hydrogen (secondary N) is 1. The third kappa shape index (κ3) is 3.78. The van der Waals surface area contributed by atoms with Gasteiger partial charge in [-0.3, -0.25) is 9.59 Å². The first-order valence-electron chi connectivity index (χ1n) is 8.69. The van der Waals surface area contributed by atoms with Crippen LogP contribution in [0.25, 0.3) is 10.9 Å². The van der Waals surface area contributed by atoms with E-state index in [1.807, 2.05) is 12.1 Å². The number of fused-ring (bicyclic) bond motifs is 1. The molecule has 2 aromatic rings. The predicted molar refractivity (Wildman–Crippen MR) is 92.6 cm³/mol. The SMILES string of the molecule is O=C(O)C1CCCC(C(=O)NCCCn2ccc3ccccc32)C1. The van der Waals surface area contributed by atoms with Crippen LogP contribution in [-0.4, -0.2) is 28.1 Å². The molecule has 1 aromatic carbocycles. The topological polar surface area (TPSA) is 71.3 Å². The van der Waals surface area contributed by atoms with Crippen LogP contribution in [0.4, 0.5) is 0 Å². The maximum Gasteiger partial charge on any atom is 0.306 e. The second-order valence-corrected chi connectivity index (χ2v) is 6.61. The number of carbonyl (C=O) groups excluding carboxylic acids is 1. The lowest BCUT2D eigenvalue weighted by Crippen LogP contribution is -2.36. The molecule has 128 valence electrons. The van der Waals surface area contributed by atoms with Crippen molar-refractivity contribution in [2.75, 3.05) is 6.54 Å². The highest BCUT2D eigenvalue weighted by atomic mass is 16.4. The van der Waals surface area contributed by atoms with E-state index in [0.717, 1.165) is 25.8 Å². The molecule has 5 nitrogen and oxygen atoms in total. The summed E-state index contributed by atoms with van der Waals surface area (Å²) in [5.74, 6) is -1.27. The van der Waals surface area contributed by atoms with Gasteiger partial charge in [-0.1, -0.05) is 24.6 Å². The molecule has 1 fully saturated rings. The number of hydrogen-bond acceptors (Lipinski definition) is 2. The molecule has 1 amide bonds. The van der Waals surface area contributed by atoms with Crippen molar-refractivity contribution in [2.24, 2.45) is 11.8 Å². The number of carboxylic acids is 1. The number of aliphatic carboxylic acids is 1. The van der Waals surface area contributed by atoms with Crippen molar-refractivity contribution in [3.8, 4) is 0 Å². The maximum absolute atomic E-state index is 12.2. The van der Waals surface area contributed by atoms with Gasteiger partial charge in [-0.05, 0) is 43.2 Å². The first-order chi connectivity index (χ1) is 11.6. The number of aryl methyl sites for hydroxylation is 1. The number of carboxylic acid groups (broad SMARTS) is 1. The number of aromatic nitrogens is 1. The molecule has 2 N–H and O–H groups in total. The quantitative estimate of drug-likeness (QED) is 0.801. The number of para-hydroxylation sites is 1. The van der Waals surface area contributed by atoms with Gasteiger partial charge in [-0.25, -0.2) is 0 Å². The maximum atomic E-state index is 12.2. The summed E-state index contributed by atoms with van der Waals surface area (Å²) in [4.78, 5) is 23.3. The Labute approximate surface area is 141 Å². The predicted octanol–water partition coefficient (Wildman–Crippen LogP) is 3.04. The molecule has 3 rings (SSSR count). The molecule has 1 heterocycles. The van der Waals surface area contributed by atoms with E-state index in [-0.39, 0.29) is 17.7 Å². The standard InChI is InChI=1S/C19H24N2O3/c22-18(15-6-3-7-16(13-15)19(23)24)20-10-4-11-21-12-9-14-5-1-2-8-17(14)21/h1-2,5,8-9,12,15-16H,3-4,6-7,10-11,13H2,(H,20,22)(H,23,24). The molecule has 1 saturated carbocycles. The molecule has 1 aliphatic rings. The molecular formula is C19H24N2O3. The third-order valence-electron chi connectivity index (χ3n) is 4.95. The van der Waals surface area contributed by atoms with Crippen LogP contribution in [-0.2, 0) is 16.1 Å². The van der Waals surface area contributed by atoms with E-state index in [9.17, 15) is 9.59 Å². The summed E-state index contributed by atoms with van der Waals surface area (Å²) < 4.78 is 2.20. The minimum Gasteiger partial charge on any atom is -0.481 e. The summed E-state index contributed by atoms with van der Waals surface area (Å²) in [6.45, 7) is 1.48. The van der Waals surface area contributed by atoms with Gasteiger partial charge in [0, 0.05) is 30.7 Å². The van der Waals surface area contributed by atoms with Crippen LogP contribution >= 0.6 is 0 Å². The molecule has 2 unspecified atom stereocenters. The summed E-state index contributed by atoms with van der Waals surface area (Å²) in [6.07, 6.45) is 5.73. The molecule has 0 bridgehead atoms. The van der Waals surface area contributed by atoms with E-state index in [4.69, 9.17) is 5.11 Å². The van der Waals surface area contributed by atoms with E-state index >= 15 is 0 Å². The van der Waals surface area contributed by atoms with E-state index < -0.39 is 5.97 Å². The largest absolute Gasteiger partial charge is 0.481 e. The lowest BCUT2D eigenvalue weighted by Gasteiger charge is -2.25. The van der Waals surface area contributed by atoms with Crippen molar-refractivity contribution in [3.05, 3.63) is 36.5 Å². The van der Waals surface area contributed by atoms with Crippen molar-refractivity contribution < 1.29 is 14.7 Å². The Kier molecular flexibility index (Phi) is 5.18. The molecule has 0 spiro atoms. The number of amides is 1. The molecule has 5 heteroatoms. The Bertz CT molecular complexity index is 722. The molecule has 0 radical (unpaired) electrons. The van der Waals surface area contributed by atoms with Gasteiger partial charge >= 0.3 is 5.97 Å². The van der Waals surface area contributed by atoms with E-state index in [0.29, 0.717) is 19.4 Å². The molecule has 0 aliphatic heterocycles. The number of hydrogen-bond donors (Lipinski definition) is 2. The number of nitrogens with zero attached hydrogens (tertiary/aromatic N) is 1. The number of rotatable bonds is 6. The smallest absolute Gasteiger partial charge is 0.306 e. The van der Waals surface area contributed by atoms with Crippen LogP contribution in [0.2, 0.25) is 0 Å². The third-order valence-corrected chi connectivity index (χ3v) is 4.95. The zero-order chi connectivity index (χ0) is 16.9. The van der Waals surface area contributed by atoms with Gasteiger partial charge < -0.3 is 15.0 Å². The minimum absolute atomic E-state index is 0.0123. The highest BCUT2D eigenvalue weighted by Crippen LogP contribution is 2.29. The molecule has 1 aliphatic carbocycles. The lowest BCUT2D eigenvalue weighted by atomic mass is 9.81. The summed E-state index contributed by atoms with van der Waals surface area (Å²) in [5.41, 5.74) is 1.21. The monoisotopic (exact) mass is 328 g/mol. The summed E-state index contributed by atoms with van der Waals surface area (Å²) in [7, 11) is 0. The summed E-state index contributed by atoms with van der Waals surface area (Å²) >= 11 is 0. The fourth-order valence-electron chi connectivity index (χ4n) is 3.59. The van der Waals surface area contributed by atoms with Crippen LogP contribution in [0.5, 0.6) is 0 Å². The van der Waals surface area contributed by atoms with E-state index in [1.165, 1.54) is 10.9 Å². The zero-order valence-electron chi connectivity index (χ0n) is 13.8. The zero-order valence-corrected chi connectivity index (χ0v) is 13.8. The molecule has 24 heavy (non-hydrogen) atoms. The van der Waals surface area contributed by atoms with Crippen molar-refractivity contribution in [3.63, 3.8) is 0 Å². The first kappa shape index (κ1) is 16.6. The average molecular weight is 328 g/mol. The normalized spacial score (nSPS) is 20.8. The van der Waals surface area contributed by atoms with Gasteiger partial charge in [-0.2, -0.15) is 0 Å². The van der Waals surface area contributed by atoms with Gasteiger partial charge in [0.25, 0.3) is 0 Å². The van der Waals surface area contributed by atoms with Crippen LogP contribution in [0, 0.1) is 11.8 Å². The Hall–Kier alpha value is -2.30. The van der Waals surface area contributed by atoms with Gasteiger partial charge in [-0.15, -0.1) is 0 Å². The second-order valence-electron chi connectivity index (χ2n) is 6.61. The molecule has 0 saturated heterocycles. The van der Waals surface area contributed by atoms with Gasteiger partial charge in [0.2, 0.25) is 5.91 Å². The minimum atomic E-state index is -0.771. The van der Waals surface area contributed by atoms with Crippen molar-refractivity contribution in [1.82, 2.24) is 9.88 Å². The summed E-state index contributed by atoms with van der Waals surface area (Å²) in [5, 5.41) is 13.3. The van der Waals surface area contributed by atoms with Crippen LogP contribution in [0.1, 0.15) is 32.1 Å². The molecule has 2 atom stereocenters. The van der Waals surface area contributed by atoms with Crippen LogP contribution in [0.15, 0.2) is 36.5 Å². The van der Waals surface area contributed by atoms with Crippen molar-refractivity contribution in [1.29, 1.82) is 0 Å². The Morgan fingerprint density at radius 3 is 2.79 bits per heavy atom. The lowest BCUT2D eigenvalue weighted by molar-refractivity contribution is -0.144. The fourth-order valence-corrected chi connectivity index (χ4v) is 3.59. The van der Waals surface area contributed by atoms with Gasteiger partial charge in [0.15, 0.2) is 0 Å². The first-order valence-corrected chi connectivity index (χ1v) is 8.69. The van der Waals surface area contributed by atoms with Gasteiger partial charge in [0.1, 0.15) is 0 Å². The average Bonchev–Trinajstić information content (AvgIpc) is 3.02.